The van der Waals surface area contributed by atoms with Crippen LogP contribution in [0.2, 0.25) is 0 Å². The SMILES string of the molecule is CCOC(=O)C(C)(C)c1ccc([N-]C)cc1. The average molecular weight is 220 g/mol. The maximum Gasteiger partial charge on any atom is 0.315 e. The summed E-state index contributed by atoms with van der Waals surface area (Å²) in [7, 11) is 1.74. The molecule has 0 aliphatic rings. The van der Waals surface area contributed by atoms with Crippen molar-refractivity contribution in [2.45, 2.75) is 26.2 Å². The molecule has 3 nitrogen and oxygen atoms in total. The minimum atomic E-state index is -0.609. The second-order valence-corrected chi connectivity index (χ2v) is 4.12. The van der Waals surface area contributed by atoms with Crippen LogP contribution >= 0.6 is 0 Å². The monoisotopic (exact) mass is 220 g/mol. The normalized spacial score (nSPS) is 11.0. The van der Waals surface area contributed by atoms with Crippen LogP contribution in [-0.4, -0.2) is 19.6 Å². The van der Waals surface area contributed by atoms with Gasteiger partial charge in [0.2, 0.25) is 0 Å². The van der Waals surface area contributed by atoms with Crippen LogP contribution in [0.3, 0.4) is 0 Å². The fourth-order valence-electron chi connectivity index (χ4n) is 1.46. The van der Waals surface area contributed by atoms with E-state index >= 15 is 0 Å². The van der Waals surface area contributed by atoms with Gasteiger partial charge < -0.3 is 10.1 Å². The first kappa shape index (κ1) is 12.6. The summed E-state index contributed by atoms with van der Waals surface area (Å²) in [6.07, 6.45) is 0. The molecule has 0 aliphatic heterocycles. The van der Waals surface area contributed by atoms with Crippen molar-refractivity contribution >= 4 is 11.7 Å². The largest absolute Gasteiger partial charge is 0.687 e. The van der Waals surface area contributed by atoms with E-state index in [2.05, 4.69) is 5.32 Å². The van der Waals surface area contributed by atoms with Gasteiger partial charge in [-0.3, -0.25) is 4.79 Å². The minimum Gasteiger partial charge on any atom is -0.687 e. The van der Waals surface area contributed by atoms with Crippen molar-refractivity contribution in [1.82, 2.24) is 0 Å². The average Bonchev–Trinajstić information content (AvgIpc) is 2.29. The summed E-state index contributed by atoms with van der Waals surface area (Å²) in [6, 6.07) is 7.63. The van der Waals surface area contributed by atoms with Crippen LogP contribution in [0.15, 0.2) is 24.3 Å². The summed E-state index contributed by atoms with van der Waals surface area (Å²) in [5, 5.41) is 4.06. The lowest BCUT2D eigenvalue weighted by molar-refractivity contribution is -0.148. The van der Waals surface area contributed by atoms with Crippen LogP contribution in [-0.2, 0) is 14.9 Å². The Hall–Kier alpha value is -1.51. The van der Waals surface area contributed by atoms with Gasteiger partial charge in [-0.1, -0.05) is 24.3 Å². The first-order valence-electron chi connectivity index (χ1n) is 5.40. The number of ether oxygens (including phenoxy) is 1. The Labute approximate surface area is 96.8 Å². The van der Waals surface area contributed by atoms with Crippen molar-refractivity contribution in [3.63, 3.8) is 0 Å². The van der Waals surface area contributed by atoms with Gasteiger partial charge in [0, 0.05) is 0 Å². The highest BCUT2D eigenvalue weighted by atomic mass is 16.5. The van der Waals surface area contributed by atoms with Gasteiger partial charge in [-0.2, -0.15) is 0 Å². The standard InChI is InChI=1S/C13H18NO2/c1-5-16-12(15)13(2,3)10-6-8-11(14-4)9-7-10/h6-9H,5H2,1-4H3/q-1. The molecule has 0 atom stereocenters. The zero-order valence-electron chi connectivity index (χ0n) is 10.3. The van der Waals surface area contributed by atoms with E-state index in [-0.39, 0.29) is 5.97 Å². The molecule has 88 valence electrons. The Kier molecular flexibility index (Phi) is 3.93. The molecule has 3 heteroatoms. The molecule has 0 amide bonds. The van der Waals surface area contributed by atoms with Gasteiger partial charge in [-0.15, -0.1) is 12.7 Å². The number of carbonyl (C=O) groups excluding carboxylic acids is 1. The van der Waals surface area contributed by atoms with Crippen LogP contribution in [0.5, 0.6) is 0 Å². The van der Waals surface area contributed by atoms with E-state index in [4.69, 9.17) is 4.74 Å². The van der Waals surface area contributed by atoms with Crippen LogP contribution < -0.4 is 0 Å². The number of hydrogen-bond acceptors (Lipinski definition) is 2. The Balaban J connectivity index is 2.93. The highest BCUT2D eigenvalue weighted by Gasteiger charge is 2.30. The van der Waals surface area contributed by atoms with Gasteiger partial charge in [-0.25, -0.2) is 0 Å². The first-order chi connectivity index (χ1) is 7.52. The third kappa shape index (κ3) is 2.54. The van der Waals surface area contributed by atoms with Gasteiger partial charge in [0.25, 0.3) is 0 Å². The fraction of sp³-hybridized carbons (Fsp3) is 0.462. The second kappa shape index (κ2) is 5.01. The van der Waals surface area contributed by atoms with Crippen LogP contribution in [0.1, 0.15) is 26.3 Å². The van der Waals surface area contributed by atoms with Crippen molar-refractivity contribution in [3.8, 4) is 0 Å². The highest BCUT2D eigenvalue weighted by Crippen LogP contribution is 2.27. The van der Waals surface area contributed by atoms with E-state index < -0.39 is 5.41 Å². The zero-order chi connectivity index (χ0) is 12.2. The molecular weight excluding hydrogens is 202 g/mol. The Bertz CT molecular complexity index is 355. The summed E-state index contributed by atoms with van der Waals surface area (Å²) < 4.78 is 5.06. The molecule has 0 heterocycles. The summed E-state index contributed by atoms with van der Waals surface area (Å²) in [6.45, 7) is 5.95. The molecule has 0 fully saturated rings. The molecule has 1 aromatic carbocycles. The lowest BCUT2D eigenvalue weighted by Crippen LogP contribution is -2.30. The molecular formula is C13H18NO2-. The maximum atomic E-state index is 11.8. The van der Waals surface area contributed by atoms with E-state index in [1.54, 1.807) is 7.05 Å². The predicted octanol–water partition coefficient (Wildman–Crippen LogP) is 3.16. The zero-order valence-corrected chi connectivity index (χ0v) is 10.3. The molecule has 16 heavy (non-hydrogen) atoms. The fourth-order valence-corrected chi connectivity index (χ4v) is 1.46. The molecule has 0 bridgehead atoms. The summed E-state index contributed by atoms with van der Waals surface area (Å²) in [4.78, 5) is 11.8. The number of nitrogens with zero attached hydrogens (tertiary/aromatic N) is 1. The summed E-state index contributed by atoms with van der Waals surface area (Å²) >= 11 is 0. The Morgan fingerprint density at radius 2 is 1.88 bits per heavy atom. The van der Waals surface area contributed by atoms with E-state index in [0.717, 1.165) is 11.3 Å². The lowest BCUT2D eigenvalue weighted by atomic mass is 9.85. The van der Waals surface area contributed by atoms with Crippen LogP contribution in [0.25, 0.3) is 5.32 Å². The predicted molar refractivity (Wildman–Crippen MR) is 65.0 cm³/mol. The number of benzene rings is 1. The van der Waals surface area contributed by atoms with Crippen molar-refractivity contribution in [2.75, 3.05) is 13.7 Å². The van der Waals surface area contributed by atoms with Crippen LogP contribution in [0.4, 0.5) is 5.69 Å². The third-order valence-electron chi connectivity index (χ3n) is 2.63. The van der Waals surface area contributed by atoms with Crippen LogP contribution in [0, 0.1) is 0 Å². The van der Waals surface area contributed by atoms with Gasteiger partial charge >= 0.3 is 5.97 Å². The Morgan fingerprint density at radius 3 is 2.31 bits per heavy atom. The number of rotatable bonds is 4. The van der Waals surface area contributed by atoms with Crippen molar-refractivity contribution < 1.29 is 9.53 Å². The Morgan fingerprint density at radius 1 is 1.31 bits per heavy atom. The summed E-state index contributed by atoms with van der Waals surface area (Å²) in [5.41, 5.74) is 1.24. The molecule has 0 aliphatic carbocycles. The van der Waals surface area contributed by atoms with Crippen molar-refractivity contribution in [1.29, 1.82) is 0 Å². The molecule has 1 aromatic rings. The molecule has 1 rings (SSSR count). The second-order valence-electron chi connectivity index (χ2n) is 4.12. The third-order valence-corrected chi connectivity index (χ3v) is 2.63. The molecule has 0 saturated carbocycles. The van der Waals surface area contributed by atoms with Crippen molar-refractivity contribution in [2.24, 2.45) is 0 Å². The quantitative estimate of drug-likeness (QED) is 0.731. The van der Waals surface area contributed by atoms with Crippen molar-refractivity contribution in [3.05, 3.63) is 35.1 Å². The molecule has 0 aromatic heterocycles. The maximum absolute atomic E-state index is 11.8. The molecule has 0 saturated heterocycles. The van der Waals surface area contributed by atoms with Gasteiger partial charge in [-0.05, 0) is 26.3 Å². The topological polar surface area (TPSA) is 40.4 Å². The molecule has 0 spiro atoms. The smallest absolute Gasteiger partial charge is 0.315 e. The molecule has 0 unspecified atom stereocenters. The first-order valence-corrected chi connectivity index (χ1v) is 5.40. The van der Waals surface area contributed by atoms with Gasteiger partial charge in [0.15, 0.2) is 0 Å². The van der Waals surface area contributed by atoms with Gasteiger partial charge in [0.1, 0.15) is 0 Å². The minimum absolute atomic E-state index is 0.198. The number of carbonyl (C=O) groups is 1. The van der Waals surface area contributed by atoms with E-state index in [1.165, 1.54) is 0 Å². The van der Waals surface area contributed by atoms with E-state index in [9.17, 15) is 4.79 Å². The van der Waals surface area contributed by atoms with E-state index in [1.807, 2.05) is 45.0 Å². The van der Waals surface area contributed by atoms with Gasteiger partial charge in [0.05, 0.1) is 12.0 Å². The molecule has 0 N–H and O–H groups in total. The lowest BCUT2D eigenvalue weighted by Gasteiger charge is -2.24. The molecule has 0 radical (unpaired) electrons. The van der Waals surface area contributed by atoms with E-state index in [0.29, 0.717) is 6.61 Å². The number of hydrogen-bond donors (Lipinski definition) is 0. The summed E-state index contributed by atoms with van der Waals surface area (Å²) in [5.74, 6) is -0.198. The number of esters is 1. The highest BCUT2D eigenvalue weighted by molar-refractivity contribution is 5.82.